The fraction of sp³-hybridized carbons (Fsp3) is 0.611. The van der Waals surface area contributed by atoms with Gasteiger partial charge in [0.2, 0.25) is 0 Å². The average Bonchev–Trinajstić information content (AvgIpc) is 2.60. The van der Waals surface area contributed by atoms with Gasteiger partial charge in [0.25, 0.3) is 5.91 Å². The molecule has 1 aliphatic rings. The fourth-order valence-corrected chi connectivity index (χ4v) is 3.01. The number of amides is 1. The highest BCUT2D eigenvalue weighted by molar-refractivity contribution is 5.94. The number of nitrogens with one attached hydrogen (secondary N) is 1. The molecule has 1 unspecified atom stereocenters. The molecule has 0 spiro atoms. The van der Waals surface area contributed by atoms with Crippen molar-refractivity contribution in [1.82, 2.24) is 4.90 Å². The number of carbonyl (C=O) groups excluding carboxylic acids is 1. The van der Waals surface area contributed by atoms with Crippen molar-refractivity contribution < 1.29 is 4.79 Å². The lowest BCUT2D eigenvalue weighted by atomic mass is 9.85. The second kappa shape index (κ2) is 6.50. The van der Waals surface area contributed by atoms with Crippen LogP contribution in [0.5, 0.6) is 0 Å². The van der Waals surface area contributed by atoms with Gasteiger partial charge in [-0.05, 0) is 55.4 Å². The molecule has 1 N–H and O–H groups in total. The van der Waals surface area contributed by atoms with E-state index in [1.807, 2.05) is 24.3 Å². The lowest BCUT2D eigenvalue weighted by Crippen LogP contribution is -2.22. The van der Waals surface area contributed by atoms with Gasteiger partial charge in [-0.15, -0.1) is 0 Å². The summed E-state index contributed by atoms with van der Waals surface area (Å²) in [6, 6.07) is 8.41. The summed E-state index contributed by atoms with van der Waals surface area (Å²) in [5.41, 5.74) is 2.35. The largest absolute Gasteiger partial charge is 0.382 e. The standard InChI is InChI=1S/C18H28N2O/c1-18(2)12-5-6-15(11-13-18)19-16-9-7-14(8-10-16)17(21)20(3)4/h7-10,15,19H,5-6,11-13H2,1-4H3. The van der Waals surface area contributed by atoms with Crippen molar-refractivity contribution in [3.8, 4) is 0 Å². The van der Waals surface area contributed by atoms with Gasteiger partial charge in [0, 0.05) is 31.4 Å². The molecule has 0 heterocycles. The van der Waals surface area contributed by atoms with Crippen LogP contribution in [-0.2, 0) is 0 Å². The van der Waals surface area contributed by atoms with Crippen LogP contribution in [0.25, 0.3) is 0 Å². The molecule has 0 bridgehead atoms. The Bertz CT molecular complexity index is 476. The molecule has 3 heteroatoms. The van der Waals surface area contributed by atoms with Gasteiger partial charge in [-0.2, -0.15) is 0 Å². The molecule has 1 saturated carbocycles. The van der Waals surface area contributed by atoms with E-state index in [1.165, 1.54) is 32.1 Å². The highest BCUT2D eigenvalue weighted by Crippen LogP contribution is 2.34. The van der Waals surface area contributed by atoms with Crippen LogP contribution in [0.4, 0.5) is 5.69 Å². The van der Waals surface area contributed by atoms with E-state index >= 15 is 0 Å². The van der Waals surface area contributed by atoms with Gasteiger partial charge in [0.1, 0.15) is 0 Å². The van der Waals surface area contributed by atoms with Gasteiger partial charge in [0.05, 0.1) is 0 Å². The van der Waals surface area contributed by atoms with Gasteiger partial charge < -0.3 is 10.2 Å². The van der Waals surface area contributed by atoms with E-state index in [9.17, 15) is 4.79 Å². The highest BCUT2D eigenvalue weighted by atomic mass is 16.2. The van der Waals surface area contributed by atoms with Crippen molar-refractivity contribution in [3.63, 3.8) is 0 Å². The van der Waals surface area contributed by atoms with E-state index in [0.29, 0.717) is 11.5 Å². The molecular weight excluding hydrogens is 260 g/mol. The molecule has 1 aromatic rings. The monoisotopic (exact) mass is 288 g/mol. The normalized spacial score (nSPS) is 21.4. The molecule has 3 nitrogen and oxygen atoms in total. The highest BCUT2D eigenvalue weighted by Gasteiger charge is 2.24. The maximum absolute atomic E-state index is 11.9. The van der Waals surface area contributed by atoms with Crippen molar-refractivity contribution in [2.24, 2.45) is 5.41 Å². The summed E-state index contributed by atoms with van der Waals surface area (Å²) in [6.07, 6.45) is 6.36. The third kappa shape index (κ3) is 4.48. The molecule has 0 radical (unpaired) electrons. The number of anilines is 1. The van der Waals surface area contributed by atoms with E-state index in [0.717, 1.165) is 11.3 Å². The number of hydrogen-bond donors (Lipinski definition) is 1. The van der Waals surface area contributed by atoms with Crippen LogP contribution < -0.4 is 5.32 Å². The van der Waals surface area contributed by atoms with Crippen LogP contribution in [0.15, 0.2) is 24.3 Å². The second-order valence-corrected chi connectivity index (χ2v) is 7.21. The molecular formula is C18H28N2O. The van der Waals surface area contributed by atoms with Gasteiger partial charge in [-0.25, -0.2) is 0 Å². The Morgan fingerprint density at radius 3 is 2.43 bits per heavy atom. The summed E-state index contributed by atoms with van der Waals surface area (Å²) in [7, 11) is 3.56. The summed E-state index contributed by atoms with van der Waals surface area (Å²) in [5.74, 6) is 0.0535. The van der Waals surface area contributed by atoms with Crippen LogP contribution >= 0.6 is 0 Å². The third-order valence-electron chi connectivity index (χ3n) is 4.48. The molecule has 116 valence electrons. The molecule has 0 aliphatic heterocycles. The van der Waals surface area contributed by atoms with E-state index in [-0.39, 0.29) is 5.91 Å². The molecule has 0 aromatic heterocycles. The summed E-state index contributed by atoms with van der Waals surface area (Å²) >= 11 is 0. The summed E-state index contributed by atoms with van der Waals surface area (Å²) in [4.78, 5) is 13.5. The topological polar surface area (TPSA) is 32.3 Å². The Labute approximate surface area is 128 Å². The quantitative estimate of drug-likeness (QED) is 0.847. The minimum atomic E-state index is 0.0535. The van der Waals surface area contributed by atoms with Crippen molar-refractivity contribution in [2.75, 3.05) is 19.4 Å². The molecule has 0 saturated heterocycles. The lowest BCUT2D eigenvalue weighted by molar-refractivity contribution is 0.0827. The SMILES string of the molecule is CN(C)C(=O)c1ccc(NC2CCCC(C)(C)CC2)cc1. The predicted octanol–water partition coefficient (Wildman–Crippen LogP) is 4.16. The fourth-order valence-electron chi connectivity index (χ4n) is 3.01. The zero-order chi connectivity index (χ0) is 15.5. The van der Waals surface area contributed by atoms with Crippen LogP contribution in [0.3, 0.4) is 0 Å². The first kappa shape index (κ1) is 15.9. The Hall–Kier alpha value is -1.51. The molecule has 1 aromatic carbocycles. The zero-order valence-electron chi connectivity index (χ0n) is 13.8. The van der Waals surface area contributed by atoms with Crippen molar-refractivity contribution >= 4 is 11.6 Å². The van der Waals surface area contributed by atoms with Crippen LogP contribution in [-0.4, -0.2) is 30.9 Å². The minimum Gasteiger partial charge on any atom is -0.382 e. The molecule has 2 rings (SSSR count). The van der Waals surface area contributed by atoms with E-state index in [4.69, 9.17) is 0 Å². The predicted molar refractivity (Wildman–Crippen MR) is 88.7 cm³/mol. The van der Waals surface area contributed by atoms with E-state index < -0.39 is 0 Å². The Morgan fingerprint density at radius 1 is 1.14 bits per heavy atom. The summed E-state index contributed by atoms with van der Waals surface area (Å²) in [5, 5.41) is 3.63. The van der Waals surface area contributed by atoms with E-state index in [1.54, 1.807) is 19.0 Å². The zero-order valence-corrected chi connectivity index (χ0v) is 13.8. The maximum atomic E-state index is 11.9. The van der Waals surface area contributed by atoms with Crippen LogP contribution in [0.2, 0.25) is 0 Å². The molecule has 1 amide bonds. The molecule has 1 atom stereocenters. The Kier molecular flexibility index (Phi) is 4.92. The van der Waals surface area contributed by atoms with Crippen molar-refractivity contribution in [2.45, 2.75) is 52.0 Å². The van der Waals surface area contributed by atoms with Crippen LogP contribution in [0.1, 0.15) is 56.3 Å². The van der Waals surface area contributed by atoms with Crippen molar-refractivity contribution in [3.05, 3.63) is 29.8 Å². The summed E-state index contributed by atoms with van der Waals surface area (Å²) < 4.78 is 0. The average molecular weight is 288 g/mol. The lowest BCUT2D eigenvalue weighted by Gasteiger charge is -2.22. The number of rotatable bonds is 3. The smallest absolute Gasteiger partial charge is 0.253 e. The van der Waals surface area contributed by atoms with Gasteiger partial charge >= 0.3 is 0 Å². The number of nitrogens with zero attached hydrogens (tertiary/aromatic N) is 1. The summed E-state index contributed by atoms with van der Waals surface area (Å²) in [6.45, 7) is 4.74. The second-order valence-electron chi connectivity index (χ2n) is 7.21. The first-order valence-corrected chi connectivity index (χ1v) is 7.96. The van der Waals surface area contributed by atoms with Gasteiger partial charge in [0.15, 0.2) is 0 Å². The number of carbonyl (C=O) groups is 1. The van der Waals surface area contributed by atoms with Gasteiger partial charge in [-0.3, -0.25) is 4.79 Å². The number of hydrogen-bond acceptors (Lipinski definition) is 2. The molecule has 21 heavy (non-hydrogen) atoms. The molecule has 1 aliphatic carbocycles. The first-order valence-electron chi connectivity index (χ1n) is 7.96. The third-order valence-corrected chi connectivity index (χ3v) is 4.48. The first-order chi connectivity index (χ1) is 9.87. The molecule has 1 fully saturated rings. The van der Waals surface area contributed by atoms with Gasteiger partial charge in [-0.1, -0.05) is 20.3 Å². The Morgan fingerprint density at radius 2 is 1.81 bits per heavy atom. The van der Waals surface area contributed by atoms with Crippen molar-refractivity contribution in [1.29, 1.82) is 0 Å². The number of benzene rings is 1. The van der Waals surface area contributed by atoms with E-state index in [2.05, 4.69) is 19.2 Å². The van der Waals surface area contributed by atoms with Crippen LogP contribution in [0, 0.1) is 5.41 Å². The minimum absolute atomic E-state index is 0.0535. The Balaban J connectivity index is 1.96. The maximum Gasteiger partial charge on any atom is 0.253 e.